The summed E-state index contributed by atoms with van der Waals surface area (Å²) in [6, 6.07) is 7.79. The number of imidazole rings is 1. The van der Waals surface area contributed by atoms with Gasteiger partial charge in [0.25, 0.3) is 0 Å². The quantitative estimate of drug-likeness (QED) is 0.673. The molecule has 0 saturated heterocycles. The smallest absolute Gasteiger partial charge is 0.210 e. The maximum absolute atomic E-state index is 8.89. The zero-order chi connectivity index (χ0) is 10.1. The van der Waals surface area contributed by atoms with E-state index in [2.05, 4.69) is 11.1 Å². The van der Waals surface area contributed by atoms with Crippen molar-refractivity contribution in [1.82, 2.24) is 9.38 Å². The van der Waals surface area contributed by atoms with Gasteiger partial charge < -0.3 is 4.90 Å². The zero-order valence-corrected chi connectivity index (χ0v) is 8.10. The number of nitrogens with zero attached hydrogens (tertiary/aromatic N) is 4. The van der Waals surface area contributed by atoms with Crippen molar-refractivity contribution in [1.29, 1.82) is 5.26 Å². The minimum absolute atomic E-state index is 0.467. The second-order valence-electron chi connectivity index (χ2n) is 3.22. The fourth-order valence-corrected chi connectivity index (χ4v) is 1.42. The Morgan fingerprint density at radius 2 is 2.21 bits per heavy atom. The van der Waals surface area contributed by atoms with Gasteiger partial charge in [-0.05, 0) is 12.1 Å². The van der Waals surface area contributed by atoms with E-state index in [-0.39, 0.29) is 0 Å². The van der Waals surface area contributed by atoms with Crippen LogP contribution in [0.2, 0.25) is 0 Å². The molecular weight excluding hydrogens is 176 g/mol. The molecule has 0 amide bonds. The predicted octanol–water partition coefficient (Wildman–Crippen LogP) is 1.27. The van der Waals surface area contributed by atoms with Gasteiger partial charge in [0.15, 0.2) is 5.69 Å². The molecule has 0 N–H and O–H groups in total. The van der Waals surface area contributed by atoms with Gasteiger partial charge in [-0.2, -0.15) is 5.26 Å². The Kier molecular flexibility index (Phi) is 1.86. The van der Waals surface area contributed by atoms with Crippen molar-refractivity contribution >= 4 is 11.5 Å². The first-order valence-electron chi connectivity index (χ1n) is 4.28. The van der Waals surface area contributed by atoms with Crippen molar-refractivity contribution in [2.24, 2.45) is 0 Å². The Labute approximate surface area is 82.0 Å². The van der Waals surface area contributed by atoms with Gasteiger partial charge in [-0.1, -0.05) is 6.07 Å². The normalized spacial score (nSPS) is 10.1. The summed E-state index contributed by atoms with van der Waals surface area (Å²) in [4.78, 5) is 6.12. The maximum atomic E-state index is 8.89. The van der Waals surface area contributed by atoms with Gasteiger partial charge in [-0.25, -0.2) is 4.98 Å². The third-order valence-corrected chi connectivity index (χ3v) is 2.04. The Morgan fingerprint density at radius 3 is 2.86 bits per heavy atom. The van der Waals surface area contributed by atoms with Crippen LogP contribution in [0.5, 0.6) is 0 Å². The summed E-state index contributed by atoms with van der Waals surface area (Å²) in [7, 11) is 3.81. The summed E-state index contributed by atoms with van der Waals surface area (Å²) >= 11 is 0. The molecule has 0 saturated carbocycles. The van der Waals surface area contributed by atoms with Crippen molar-refractivity contribution in [3.8, 4) is 6.07 Å². The SMILES string of the molecule is CN(C)c1nc(C#N)c2ccccn12. The van der Waals surface area contributed by atoms with Gasteiger partial charge >= 0.3 is 0 Å². The fraction of sp³-hybridized carbons (Fsp3) is 0.200. The third-order valence-electron chi connectivity index (χ3n) is 2.04. The van der Waals surface area contributed by atoms with Crippen LogP contribution in [-0.4, -0.2) is 23.5 Å². The van der Waals surface area contributed by atoms with Crippen LogP contribution in [-0.2, 0) is 0 Å². The molecule has 0 spiro atoms. The van der Waals surface area contributed by atoms with Crippen LogP contribution in [0.15, 0.2) is 24.4 Å². The molecule has 0 fully saturated rings. The number of hydrogen-bond donors (Lipinski definition) is 0. The topological polar surface area (TPSA) is 44.3 Å². The van der Waals surface area contributed by atoms with E-state index in [1.54, 1.807) is 0 Å². The first kappa shape index (κ1) is 8.57. The second kappa shape index (κ2) is 3.04. The van der Waals surface area contributed by atoms with Crippen molar-refractivity contribution in [3.63, 3.8) is 0 Å². The van der Waals surface area contributed by atoms with Crippen LogP contribution in [0, 0.1) is 11.3 Å². The number of rotatable bonds is 1. The van der Waals surface area contributed by atoms with Gasteiger partial charge in [0.1, 0.15) is 6.07 Å². The highest BCUT2D eigenvalue weighted by Gasteiger charge is 2.10. The molecule has 0 radical (unpaired) electrons. The average molecular weight is 186 g/mol. The lowest BCUT2D eigenvalue weighted by Crippen LogP contribution is -2.12. The molecule has 0 bridgehead atoms. The van der Waals surface area contributed by atoms with Crippen molar-refractivity contribution in [3.05, 3.63) is 30.1 Å². The van der Waals surface area contributed by atoms with Crippen LogP contribution < -0.4 is 4.90 Å². The lowest BCUT2D eigenvalue weighted by atomic mass is 10.3. The number of nitriles is 1. The number of aromatic nitrogens is 2. The van der Waals surface area contributed by atoms with E-state index >= 15 is 0 Å². The number of anilines is 1. The predicted molar refractivity (Wildman–Crippen MR) is 54.2 cm³/mol. The first-order chi connectivity index (χ1) is 6.74. The standard InChI is InChI=1S/C10H10N4/c1-13(2)10-12-8(7-11)9-5-3-4-6-14(9)10/h3-6H,1-2H3. The highest BCUT2D eigenvalue weighted by atomic mass is 15.3. The number of hydrogen-bond acceptors (Lipinski definition) is 3. The van der Waals surface area contributed by atoms with E-state index in [1.807, 2.05) is 47.8 Å². The summed E-state index contributed by atoms with van der Waals surface area (Å²) in [5, 5.41) is 8.89. The molecule has 0 atom stereocenters. The summed E-state index contributed by atoms with van der Waals surface area (Å²) < 4.78 is 1.90. The van der Waals surface area contributed by atoms with Crippen molar-refractivity contribution < 1.29 is 0 Å². The first-order valence-corrected chi connectivity index (χ1v) is 4.28. The monoisotopic (exact) mass is 186 g/mol. The molecule has 4 nitrogen and oxygen atoms in total. The van der Waals surface area contributed by atoms with Crippen molar-refractivity contribution in [2.45, 2.75) is 0 Å². The Hall–Kier alpha value is -2.02. The van der Waals surface area contributed by atoms with E-state index in [0.29, 0.717) is 5.69 Å². The van der Waals surface area contributed by atoms with Gasteiger partial charge in [0, 0.05) is 20.3 Å². The Bertz CT molecular complexity index is 504. The molecule has 4 heteroatoms. The van der Waals surface area contributed by atoms with Crippen molar-refractivity contribution in [2.75, 3.05) is 19.0 Å². The second-order valence-corrected chi connectivity index (χ2v) is 3.22. The zero-order valence-electron chi connectivity index (χ0n) is 8.10. The molecule has 70 valence electrons. The molecule has 0 aliphatic carbocycles. The van der Waals surface area contributed by atoms with Gasteiger partial charge in [0.2, 0.25) is 5.95 Å². The van der Waals surface area contributed by atoms with E-state index < -0.39 is 0 Å². The summed E-state index contributed by atoms with van der Waals surface area (Å²) in [6.45, 7) is 0. The van der Waals surface area contributed by atoms with E-state index in [1.165, 1.54) is 0 Å². The van der Waals surface area contributed by atoms with E-state index in [0.717, 1.165) is 11.5 Å². The molecule has 0 aromatic carbocycles. The molecule has 2 aromatic heterocycles. The van der Waals surface area contributed by atoms with Crippen LogP contribution >= 0.6 is 0 Å². The number of pyridine rings is 1. The van der Waals surface area contributed by atoms with Gasteiger partial charge in [-0.3, -0.25) is 4.40 Å². The molecular formula is C10H10N4. The molecule has 0 unspecified atom stereocenters. The summed E-state index contributed by atoms with van der Waals surface area (Å²) in [5.41, 5.74) is 1.31. The maximum Gasteiger partial charge on any atom is 0.210 e. The molecule has 0 aliphatic heterocycles. The summed E-state index contributed by atoms with van der Waals surface area (Å²) in [6.07, 6.45) is 1.90. The minimum Gasteiger partial charge on any atom is -0.348 e. The fourth-order valence-electron chi connectivity index (χ4n) is 1.42. The largest absolute Gasteiger partial charge is 0.348 e. The van der Waals surface area contributed by atoms with Gasteiger partial charge in [-0.15, -0.1) is 0 Å². The highest BCUT2D eigenvalue weighted by Crippen LogP contribution is 2.17. The highest BCUT2D eigenvalue weighted by molar-refractivity contribution is 5.62. The van der Waals surface area contributed by atoms with E-state index in [4.69, 9.17) is 5.26 Å². The van der Waals surface area contributed by atoms with Crippen LogP contribution in [0.4, 0.5) is 5.95 Å². The number of fused-ring (bicyclic) bond motifs is 1. The van der Waals surface area contributed by atoms with Crippen LogP contribution in [0.3, 0.4) is 0 Å². The Morgan fingerprint density at radius 1 is 1.43 bits per heavy atom. The lowest BCUT2D eigenvalue weighted by molar-refractivity contribution is 0.993. The molecule has 2 rings (SSSR count). The molecule has 0 aliphatic rings. The molecule has 2 heterocycles. The average Bonchev–Trinajstić information content (AvgIpc) is 2.56. The lowest BCUT2D eigenvalue weighted by Gasteiger charge is -2.09. The van der Waals surface area contributed by atoms with Gasteiger partial charge in [0.05, 0.1) is 5.52 Å². The summed E-state index contributed by atoms with van der Waals surface area (Å²) in [5.74, 6) is 0.775. The minimum atomic E-state index is 0.467. The third kappa shape index (κ3) is 1.11. The molecule has 14 heavy (non-hydrogen) atoms. The molecule has 2 aromatic rings. The van der Waals surface area contributed by atoms with Crippen LogP contribution in [0.25, 0.3) is 5.52 Å². The Balaban J connectivity index is 2.82. The van der Waals surface area contributed by atoms with E-state index in [9.17, 15) is 0 Å². The van der Waals surface area contributed by atoms with Crippen LogP contribution in [0.1, 0.15) is 5.69 Å².